The Labute approximate surface area is 132 Å². The standard InChI is InChI=1S/C15H25NO3S2/c1-4-16-14(12-20-10-11-21(3,17)18)13-8-6-7-9-15(13)19-5-2/h6-9,14,16H,4-5,10-12H2,1-3H3. The van der Waals surface area contributed by atoms with E-state index in [1.54, 1.807) is 11.8 Å². The first-order valence-corrected chi connectivity index (χ1v) is 10.4. The molecule has 0 radical (unpaired) electrons. The molecule has 0 amide bonds. The van der Waals surface area contributed by atoms with Gasteiger partial charge in [-0.2, -0.15) is 11.8 Å². The van der Waals surface area contributed by atoms with Gasteiger partial charge < -0.3 is 10.1 Å². The second-order valence-electron chi connectivity index (χ2n) is 4.79. The molecule has 120 valence electrons. The molecular weight excluding hydrogens is 306 g/mol. The van der Waals surface area contributed by atoms with E-state index in [4.69, 9.17) is 4.74 Å². The van der Waals surface area contributed by atoms with Crippen molar-refractivity contribution in [3.8, 4) is 5.75 Å². The quantitative estimate of drug-likeness (QED) is 0.668. The van der Waals surface area contributed by atoms with Gasteiger partial charge in [0.15, 0.2) is 0 Å². The van der Waals surface area contributed by atoms with Crippen LogP contribution in [0.5, 0.6) is 5.75 Å². The highest BCUT2D eigenvalue weighted by Crippen LogP contribution is 2.27. The summed E-state index contributed by atoms with van der Waals surface area (Å²) < 4.78 is 28.0. The molecule has 0 aliphatic heterocycles. The fourth-order valence-corrected chi connectivity index (χ4v) is 4.35. The van der Waals surface area contributed by atoms with Crippen LogP contribution in [0.1, 0.15) is 25.5 Å². The maximum Gasteiger partial charge on any atom is 0.148 e. The first kappa shape index (κ1) is 18.3. The summed E-state index contributed by atoms with van der Waals surface area (Å²) in [5.74, 6) is 2.57. The van der Waals surface area contributed by atoms with Crippen molar-refractivity contribution in [2.75, 3.05) is 36.7 Å². The monoisotopic (exact) mass is 331 g/mol. The highest BCUT2D eigenvalue weighted by atomic mass is 32.2. The van der Waals surface area contributed by atoms with Crippen molar-refractivity contribution >= 4 is 21.6 Å². The number of thioether (sulfide) groups is 1. The fourth-order valence-electron chi connectivity index (χ4n) is 1.97. The number of para-hydroxylation sites is 1. The van der Waals surface area contributed by atoms with E-state index in [0.29, 0.717) is 12.4 Å². The molecule has 0 saturated heterocycles. The van der Waals surface area contributed by atoms with Crippen molar-refractivity contribution in [2.24, 2.45) is 0 Å². The van der Waals surface area contributed by atoms with Crippen LogP contribution in [0.15, 0.2) is 24.3 Å². The zero-order valence-corrected chi connectivity index (χ0v) is 14.6. The molecule has 0 fully saturated rings. The van der Waals surface area contributed by atoms with Gasteiger partial charge in [0.25, 0.3) is 0 Å². The number of sulfone groups is 1. The summed E-state index contributed by atoms with van der Waals surface area (Å²) in [5.41, 5.74) is 1.13. The smallest absolute Gasteiger partial charge is 0.148 e. The minimum absolute atomic E-state index is 0.169. The van der Waals surface area contributed by atoms with Gasteiger partial charge in [0, 0.05) is 29.4 Å². The Morgan fingerprint density at radius 2 is 2.00 bits per heavy atom. The molecule has 1 unspecified atom stereocenters. The summed E-state index contributed by atoms with van der Waals surface area (Å²) in [5, 5.41) is 3.45. The zero-order valence-electron chi connectivity index (χ0n) is 13.0. The van der Waals surface area contributed by atoms with Gasteiger partial charge in [0.2, 0.25) is 0 Å². The third-order valence-corrected chi connectivity index (χ3v) is 5.19. The average molecular weight is 332 g/mol. The summed E-state index contributed by atoms with van der Waals surface area (Å²) >= 11 is 1.65. The van der Waals surface area contributed by atoms with Crippen LogP contribution in [-0.2, 0) is 9.84 Å². The highest BCUT2D eigenvalue weighted by Gasteiger charge is 2.15. The Kier molecular flexibility index (Phi) is 8.14. The van der Waals surface area contributed by atoms with E-state index in [1.165, 1.54) is 6.26 Å². The topological polar surface area (TPSA) is 55.4 Å². The van der Waals surface area contributed by atoms with Crippen LogP contribution in [0, 0.1) is 0 Å². The first-order valence-electron chi connectivity index (χ1n) is 7.18. The van der Waals surface area contributed by atoms with Crippen LogP contribution in [0.4, 0.5) is 0 Å². The van der Waals surface area contributed by atoms with Crippen molar-refractivity contribution in [2.45, 2.75) is 19.9 Å². The molecule has 4 nitrogen and oxygen atoms in total. The summed E-state index contributed by atoms with van der Waals surface area (Å²) in [6.07, 6.45) is 1.28. The van der Waals surface area contributed by atoms with E-state index in [1.807, 2.05) is 25.1 Å². The largest absolute Gasteiger partial charge is 0.494 e. The minimum atomic E-state index is -2.88. The Morgan fingerprint density at radius 1 is 1.29 bits per heavy atom. The number of rotatable bonds is 10. The summed E-state index contributed by atoms with van der Waals surface area (Å²) in [7, 11) is -2.88. The summed E-state index contributed by atoms with van der Waals surface area (Å²) in [6, 6.07) is 8.18. The van der Waals surface area contributed by atoms with Gasteiger partial charge in [-0.3, -0.25) is 0 Å². The van der Waals surface area contributed by atoms with Crippen LogP contribution >= 0.6 is 11.8 Å². The summed E-state index contributed by atoms with van der Waals surface area (Å²) in [4.78, 5) is 0. The molecule has 1 aromatic carbocycles. The molecule has 0 aromatic heterocycles. The average Bonchev–Trinajstić information content (AvgIpc) is 2.42. The van der Waals surface area contributed by atoms with Gasteiger partial charge in [0.05, 0.1) is 12.4 Å². The molecular formula is C15H25NO3S2. The number of nitrogens with one attached hydrogen (secondary N) is 1. The lowest BCUT2D eigenvalue weighted by molar-refractivity contribution is 0.333. The van der Waals surface area contributed by atoms with Crippen LogP contribution in [0.25, 0.3) is 0 Å². The maximum absolute atomic E-state index is 11.2. The molecule has 1 aromatic rings. The van der Waals surface area contributed by atoms with E-state index in [-0.39, 0.29) is 11.8 Å². The van der Waals surface area contributed by atoms with E-state index in [2.05, 4.69) is 18.3 Å². The molecule has 1 atom stereocenters. The number of hydrogen-bond donors (Lipinski definition) is 1. The van der Waals surface area contributed by atoms with Crippen molar-refractivity contribution in [3.63, 3.8) is 0 Å². The van der Waals surface area contributed by atoms with E-state index < -0.39 is 9.84 Å². The van der Waals surface area contributed by atoms with Crippen molar-refractivity contribution in [1.82, 2.24) is 5.32 Å². The highest BCUT2D eigenvalue weighted by molar-refractivity contribution is 8.00. The molecule has 6 heteroatoms. The van der Waals surface area contributed by atoms with Gasteiger partial charge in [0.1, 0.15) is 15.6 Å². The van der Waals surface area contributed by atoms with E-state index in [0.717, 1.165) is 23.6 Å². The second kappa shape index (κ2) is 9.33. The zero-order chi connectivity index (χ0) is 15.7. The SMILES string of the molecule is CCNC(CSCCS(C)(=O)=O)c1ccccc1OCC. The molecule has 0 bridgehead atoms. The van der Waals surface area contributed by atoms with Crippen LogP contribution < -0.4 is 10.1 Å². The van der Waals surface area contributed by atoms with Gasteiger partial charge in [-0.15, -0.1) is 0 Å². The van der Waals surface area contributed by atoms with Crippen LogP contribution in [-0.4, -0.2) is 45.1 Å². The lowest BCUT2D eigenvalue weighted by atomic mass is 10.1. The van der Waals surface area contributed by atoms with Gasteiger partial charge in [-0.05, 0) is 19.5 Å². The van der Waals surface area contributed by atoms with E-state index in [9.17, 15) is 8.42 Å². The van der Waals surface area contributed by atoms with Crippen molar-refractivity contribution in [1.29, 1.82) is 0 Å². The van der Waals surface area contributed by atoms with Crippen LogP contribution in [0.3, 0.4) is 0 Å². The molecule has 1 rings (SSSR count). The molecule has 0 saturated carbocycles. The van der Waals surface area contributed by atoms with Gasteiger partial charge >= 0.3 is 0 Å². The number of hydrogen-bond acceptors (Lipinski definition) is 5. The number of benzene rings is 1. The third kappa shape index (κ3) is 7.20. The van der Waals surface area contributed by atoms with Crippen LogP contribution in [0.2, 0.25) is 0 Å². The molecule has 0 spiro atoms. The lowest BCUT2D eigenvalue weighted by Gasteiger charge is -2.21. The van der Waals surface area contributed by atoms with Crippen molar-refractivity contribution in [3.05, 3.63) is 29.8 Å². The Hall–Kier alpha value is -0.720. The Morgan fingerprint density at radius 3 is 2.62 bits per heavy atom. The fraction of sp³-hybridized carbons (Fsp3) is 0.600. The maximum atomic E-state index is 11.2. The first-order chi connectivity index (χ1) is 9.98. The lowest BCUT2D eigenvalue weighted by Crippen LogP contribution is -2.24. The third-order valence-electron chi connectivity index (χ3n) is 2.93. The Bertz CT molecular complexity index is 517. The Balaban J connectivity index is 2.68. The summed E-state index contributed by atoms with van der Waals surface area (Å²) in [6.45, 7) is 5.53. The normalized spacial score (nSPS) is 13.1. The predicted molar refractivity (Wildman–Crippen MR) is 91.1 cm³/mol. The molecule has 0 aliphatic rings. The molecule has 0 aliphatic carbocycles. The minimum Gasteiger partial charge on any atom is -0.494 e. The predicted octanol–water partition coefficient (Wildman–Crippen LogP) is 2.51. The number of ether oxygens (including phenoxy) is 1. The van der Waals surface area contributed by atoms with Gasteiger partial charge in [-0.1, -0.05) is 25.1 Å². The van der Waals surface area contributed by atoms with E-state index >= 15 is 0 Å². The van der Waals surface area contributed by atoms with Crippen molar-refractivity contribution < 1.29 is 13.2 Å². The molecule has 0 heterocycles. The molecule has 21 heavy (non-hydrogen) atoms. The van der Waals surface area contributed by atoms with Gasteiger partial charge in [-0.25, -0.2) is 8.42 Å². The molecule has 1 N–H and O–H groups in total. The second-order valence-corrected chi connectivity index (χ2v) is 8.20.